The molecule has 0 radical (unpaired) electrons. The first-order chi connectivity index (χ1) is 15.1. The second kappa shape index (κ2) is 18.3. The first kappa shape index (κ1) is 27.7. The quantitative estimate of drug-likeness (QED) is 0.144. The predicted molar refractivity (Wildman–Crippen MR) is 132 cm³/mol. The third-order valence-electron chi connectivity index (χ3n) is 6.07. The van der Waals surface area contributed by atoms with E-state index in [4.69, 9.17) is 17.3 Å². The molecule has 0 amide bonds. The average molecular weight is 450 g/mol. The van der Waals surface area contributed by atoms with Crippen molar-refractivity contribution in [3.8, 4) is 6.07 Å². The zero-order valence-electron chi connectivity index (χ0n) is 19.9. The maximum Gasteiger partial charge on any atom is 0.199 e. The van der Waals surface area contributed by atoms with Crippen molar-refractivity contribution in [2.24, 2.45) is 11.7 Å². The van der Waals surface area contributed by atoms with Crippen LogP contribution in [0.25, 0.3) is 0 Å². The van der Waals surface area contributed by atoms with Gasteiger partial charge < -0.3 is 5.73 Å². The zero-order chi connectivity index (χ0) is 22.7. The lowest BCUT2D eigenvalue weighted by Gasteiger charge is -2.26. The van der Waals surface area contributed by atoms with Gasteiger partial charge in [-0.2, -0.15) is 10.7 Å². The lowest BCUT2D eigenvalue weighted by Crippen LogP contribution is -2.54. The fraction of sp³-hybridized carbons (Fsp3) is 0.769. The minimum atomic E-state index is -0.268. The van der Waals surface area contributed by atoms with Crippen molar-refractivity contribution in [3.05, 3.63) is 30.6 Å². The number of nitrogens with zero attached hydrogens (tertiary/aromatic N) is 2. The van der Waals surface area contributed by atoms with E-state index in [0.717, 1.165) is 32.1 Å². The van der Waals surface area contributed by atoms with Crippen LogP contribution in [0.4, 0.5) is 0 Å². The highest BCUT2D eigenvalue weighted by atomic mass is 35.5. The number of unbranched alkanes of at least 4 members (excludes halogenated alkanes) is 9. The van der Waals surface area contributed by atoms with Gasteiger partial charge in [0.2, 0.25) is 0 Å². The number of nitrogens with one attached hydrogen (secondary N) is 1. The molecular weight excluding hydrogens is 404 g/mol. The number of aromatic nitrogens is 1. The Morgan fingerprint density at radius 3 is 2.03 bits per heavy atom. The van der Waals surface area contributed by atoms with Crippen LogP contribution in [0.15, 0.2) is 30.6 Å². The first-order valence-electron chi connectivity index (χ1n) is 12.6. The van der Waals surface area contributed by atoms with E-state index in [1.807, 2.05) is 35.3 Å². The van der Waals surface area contributed by atoms with Gasteiger partial charge >= 0.3 is 0 Å². The molecular formula is C26H46ClN4+. The summed E-state index contributed by atoms with van der Waals surface area (Å²) in [6.45, 7) is 4.42. The summed E-state index contributed by atoms with van der Waals surface area (Å²) in [4.78, 5) is 0. The molecule has 1 heterocycles. The molecule has 4 atom stereocenters. The molecule has 0 saturated heterocycles. The number of halogens is 1. The molecule has 0 saturated carbocycles. The highest BCUT2D eigenvalue weighted by Crippen LogP contribution is 2.24. The van der Waals surface area contributed by atoms with Crippen LogP contribution in [0.1, 0.15) is 104 Å². The molecule has 1 rings (SSSR count). The molecule has 4 unspecified atom stereocenters. The van der Waals surface area contributed by atoms with Gasteiger partial charge in [0, 0.05) is 18.2 Å². The highest BCUT2D eigenvalue weighted by Gasteiger charge is 2.32. The Labute approximate surface area is 196 Å². The summed E-state index contributed by atoms with van der Waals surface area (Å²) < 4.78 is 1.92. The van der Waals surface area contributed by atoms with Crippen molar-refractivity contribution in [1.82, 2.24) is 0 Å². The lowest BCUT2D eigenvalue weighted by atomic mass is 9.89. The van der Waals surface area contributed by atoms with Crippen LogP contribution in [-0.4, -0.2) is 17.5 Å². The number of nitriles is 1. The van der Waals surface area contributed by atoms with Gasteiger partial charge in [-0.25, -0.2) is 0 Å². The minimum absolute atomic E-state index is 0.0645. The van der Waals surface area contributed by atoms with Gasteiger partial charge in [0.25, 0.3) is 0 Å². The van der Waals surface area contributed by atoms with Gasteiger partial charge in [0.1, 0.15) is 0 Å². The fourth-order valence-corrected chi connectivity index (χ4v) is 4.50. The molecule has 1 aromatic heterocycles. The van der Waals surface area contributed by atoms with Crippen molar-refractivity contribution in [1.29, 1.82) is 5.26 Å². The van der Waals surface area contributed by atoms with E-state index in [9.17, 15) is 5.26 Å². The van der Waals surface area contributed by atoms with E-state index in [0.29, 0.717) is 0 Å². The van der Waals surface area contributed by atoms with E-state index in [2.05, 4.69) is 25.3 Å². The Morgan fingerprint density at radius 1 is 0.871 bits per heavy atom. The third kappa shape index (κ3) is 13.0. The van der Waals surface area contributed by atoms with Gasteiger partial charge in [-0.3, -0.25) is 0 Å². The molecule has 5 heteroatoms. The number of rotatable bonds is 19. The molecule has 0 aliphatic carbocycles. The summed E-state index contributed by atoms with van der Waals surface area (Å²) in [6, 6.07) is 8.43. The van der Waals surface area contributed by atoms with Crippen molar-refractivity contribution in [2.75, 3.05) is 5.43 Å². The summed E-state index contributed by atoms with van der Waals surface area (Å²) >= 11 is 6.66. The third-order valence-corrected chi connectivity index (χ3v) is 6.56. The molecule has 0 fully saturated rings. The van der Waals surface area contributed by atoms with E-state index < -0.39 is 0 Å². The molecule has 176 valence electrons. The van der Waals surface area contributed by atoms with Crippen LogP contribution in [-0.2, 0) is 0 Å². The average Bonchev–Trinajstić information content (AvgIpc) is 2.77. The Bertz CT molecular complexity index is 575. The van der Waals surface area contributed by atoms with E-state index in [-0.39, 0.29) is 23.4 Å². The van der Waals surface area contributed by atoms with Gasteiger partial charge in [0.15, 0.2) is 12.4 Å². The Kier molecular flexibility index (Phi) is 16.3. The molecule has 4 nitrogen and oxygen atoms in total. The molecule has 31 heavy (non-hydrogen) atoms. The number of nitrogens with two attached hydrogens (primary N) is 1. The number of alkyl halides is 1. The summed E-state index contributed by atoms with van der Waals surface area (Å²) in [5, 5.41) is 9.72. The summed E-state index contributed by atoms with van der Waals surface area (Å²) in [7, 11) is 0. The van der Waals surface area contributed by atoms with Crippen molar-refractivity contribution in [3.63, 3.8) is 0 Å². The first-order valence-corrected chi connectivity index (χ1v) is 13.1. The fourth-order valence-electron chi connectivity index (χ4n) is 4.12. The summed E-state index contributed by atoms with van der Waals surface area (Å²) in [5.41, 5.74) is 10.00. The summed E-state index contributed by atoms with van der Waals surface area (Å²) in [6.07, 6.45) is 20.6. The Hall–Kier alpha value is -1.31. The van der Waals surface area contributed by atoms with Crippen molar-refractivity contribution in [2.45, 2.75) is 121 Å². The minimum Gasteiger partial charge on any atom is -0.328 e. The molecule has 1 aromatic rings. The van der Waals surface area contributed by atoms with E-state index in [1.165, 1.54) is 57.8 Å². The second-order valence-electron chi connectivity index (χ2n) is 8.94. The van der Waals surface area contributed by atoms with Crippen LogP contribution in [0.3, 0.4) is 0 Å². The smallest absolute Gasteiger partial charge is 0.199 e. The van der Waals surface area contributed by atoms with Crippen LogP contribution in [0, 0.1) is 17.2 Å². The maximum atomic E-state index is 9.88. The molecule has 0 aliphatic heterocycles. The SMILES string of the molecule is CCCCCCCCCCCC(N)CC(N[n+]1ccccc1)C(C#N)C(Cl)CCCC. The predicted octanol–water partition coefficient (Wildman–Crippen LogP) is 6.46. The maximum absolute atomic E-state index is 9.88. The zero-order valence-corrected chi connectivity index (χ0v) is 20.7. The van der Waals surface area contributed by atoms with Gasteiger partial charge in [-0.1, -0.05) is 95.2 Å². The Morgan fingerprint density at radius 2 is 1.45 bits per heavy atom. The van der Waals surface area contributed by atoms with Crippen LogP contribution < -0.4 is 15.8 Å². The molecule has 0 aliphatic rings. The number of pyridine rings is 1. The number of hydrogen-bond donors (Lipinski definition) is 2. The second-order valence-corrected chi connectivity index (χ2v) is 9.50. The topological polar surface area (TPSA) is 65.7 Å². The summed E-state index contributed by atoms with van der Waals surface area (Å²) in [5.74, 6) is -0.268. The monoisotopic (exact) mass is 449 g/mol. The lowest BCUT2D eigenvalue weighted by molar-refractivity contribution is -0.654. The largest absolute Gasteiger partial charge is 0.328 e. The van der Waals surface area contributed by atoms with E-state index >= 15 is 0 Å². The molecule has 0 spiro atoms. The van der Waals surface area contributed by atoms with Gasteiger partial charge in [-0.05, 0) is 19.3 Å². The van der Waals surface area contributed by atoms with Crippen molar-refractivity contribution >= 4 is 11.6 Å². The van der Waals surface area contributed by atoms with Gasteiger partial charge in [-0.15, -0.1) is 11.6 Å². The van der Waals surface area contributed by atoms with Crippen molar-refractivity contribution < 1.29 is 4.68 Å². The van der Waals surface area contributed by atoms with Crippen LogP contribution in [0.5, 0.6) is 0 Å². The van der Waals surface area contributed by atoms with E-state index in [1.54, 1.807) is 0 Å². The standard InChI is InChI=1S/C26H46ClN4/c1-3-5-7-8-9-10-11-12-14-17-23(29)21-26(30-31-19-15-13-16-20-31)24(22-28)25(27)18-6-4-2/h13,15-16,19-20,23-26,30H,3-12,14,17-18,21,29H2,1-2H3/q+1. The molecule has 0 aromatic carbocycles. The van der Waals surface area contributed by atoms with Crippen LogP contribution in [0.2, 0.25) is 0 Å². The highest BCUT2D eigenvalue weighted by molar-refractivity contribution is 6.21. The van der Waals surface area contributed by atoms with Crippen LogP contribution >= 0.6 is 11.6 Å². The number of hydrogen-bond acceptors (Lipinski definition) is 3. The van der Waals surface area contributed by atoms with Gasteiger partial charge in [0.05, 0.1) is 23.4 Å². The normalized spacial score (nSPS) is 15.1. The molecule has 0 bridgehead atoms. The molecule has 3 N–H and O–H groups in total. The Balaban J connectivity index is 2.49.